The Labute approximate surface area is 112 Å². The number of hydrogen-bond acceptors (Lipinski definition) is 4. The summed E-state index contributed by atoms with van der Waals surface area (Å²) in [4.78, 5) is -0.0258. The molecular formula is C11H14ClN3O2S. The van der Waals surface area contributed by atoms with Crippen molar-refractivity contribution in [2.75, 3.05) is 19.3 Å². The summed E-state index contributed by atoms with van der Waals surface area (Å²) >= 11 is 6.00. The van der Waals surface area contributed by atoms with Gasteiger partial charge in [0.1, 0.15) is 4.90 Å². The maximum atomic E-state index is 12.2. The third-order valence-electron chi connectivity index (χ3n) is 2.47. The van der Waals surface area contributed by atoms with Crippen molar-refractivity contribution < 1.29 is 8.42 Å². The predicted molar refractivity (Wildman–Crippen MR) is 70.6 cm³/mol. The molecule has 0 heterocycles. The molecule has 1 aromatic carbocycles. The summed E-state index contributed by atoms with van der Waals surface area (Å²) in [6.07, 6.45) is 0.120. The molecule has 0 saturated heterocycles. The lowest BCUT2D eigenvalue weighted by Gasteiger charge is -2.17. The van der Waals surface area contributed by atoms with Crippen LogP contribution in [0.3, 0.4) is 0 Å². The first-order valence-electron chi connectivity index (χ1n) is 5.19. The molecule has 0 bridgehead atoms. The van der Waals surface area contributed by atoms with E-state index in [-0.39, 0.29) is 22.9 Å². The van der Waals surface area contributed by atoms with E-state index < -0.39 is 10.0 Å². The van der Waals surface area contributed by atoms with Crippen molar-refractivity contribution in [3.05, 3.63) is 22.7 Å². The Morgan fingerprint density at radius 2 is 2.11 bits per heavy atom. The van der Waals surface area contributed by atoms with Crippen LogP contribution in [0, 0.1) is 18.3 Å². The number of nitriles is 1. The Bertz CT molecular complexity index is 593. The third-order valence-corrected chi connectivity index (χ3v) is 4.96. The summed E-state index contributed by atoms with van der Waals surface area (Å²) in [7, 11) is -2.31. The van der Waals surface area contributed by atoms with Crippen LogP contribution in [-0.4, -0.2) is 26.3 Å². The fourth-order valence-electron chi connectivity index (χ4n) is 1.45. The Morgan fingerprint density at radius 1 is 1.50 bits per heavy atom. The van der Waals surface area contributed by atoms with Gasteiger partial charge >= 0.3 is 0 Å². The van der Waals surface area contributed by atoms with Gasteiger partial charge in [-0.15, -0.1) is 0 Å². The highest BCUT2D eigenvalue weighted by Gasteiger charge is 2.24. The Morgan fingerprint density at radius 3 is 2.67 bits per heavy atom. The molecule has 0 amide bonds. The van der Waals surface area contributed by atoms with E-state index in [9.17, 15) is 8.42 Å². The fraction of sp³-hybridized carbons (Fsp3) is 0.364. The number of nitrogens with zero attached hydrogens (tertiary/aromatic N) is 2. The first-order chi connectivity index (χ1) is 8.30. The molecule has 0 saturated carbocycles. The molecule has 0 aliphatic heterocycles. The van der Waals surface area contributed by atoms with Gasteiger partial charge in [0, 0.05) is 25.7 Å². The van der Waals surface area contributed by atoms with Gasteiger partial charge in [0.25, 0.3) is 0 Å². The zero-order valence-corrected chi connectivity index (χ0v) is 11.7. The molecule has 1 rings (SSSR count). The average molecular weight is 288 g/mol. The molecule has 1 aromatic rings. The van der Waals surface area contributed by atoms with Crippen molar-refractivity contribution in [3.63, 3.8) is 0 Å². The lowest BCUT2D eigenvalue weighted by atomic mass is 10.2. The van der Waals surface area contributed by atoms with Crippen LogP contribution in [-0.2, 0) is 10.0 Å². The van der Waals surface area contributed by atoms with Crippen LogP contribution in [0.2, 0.25) is 5.02 Å². The Hall–Kier alpha value is -1.29. The minimum absolute atomic E-state index is 0.0258. The first kappa shape index (κ1) is 14.8. The normalized spacial score (nSPS) is 11.5. The van der Waals surface area contributed by atoms with E-state index in [4.69, 9.17) is 22.6 Å². The van der Waals surface area contributed by atoms with Crippen LogP contribution in [0.15, 0.2) is 17.0 Å². The van der Waals surface area contributed by atoms with Crippen LogP contribution >= 0.6 is 11.6 Å². The van der Waals surface area contributed by atoms with Crippen LogP contribution in [0.25, 0.3) is 0 Å². The lowest BCUT2D eigenvalue weighted by molar-refractivity contribution is 0.476. The van der Waals surface area contributed by atoms with Gasteiger partial charge < -0.3 is 5.73 Å². The summed E-state index contributed by atoms with van der Waals surface area (Å²) in [5.74, 6) is 0. The topological polar surface area (TPSA) is 87.2 Å². The van der Waals surface area contributed by atoms with E-state index in [0.717, 1.165) is 4.31 Å². The zero-order valence-electron chi connectivity index (χ0n) is 10.1. The molecule has 0 atom stereocenters. The molecule has 5 nitrogen and oxygen atoms in total. The largest absolute Gasteiger partial charge is 0.399 e. The van der Waals surface area contributed by atoms with Gasteiger partial charge in [-0.05, 0) is 24.6 Å². The SMILES string of the molecule is Cc1cc(N)cc(S(=O)(=O)N(C)CCC#N)c1Cl. The smallest absolute Gasteiger partial charge is 0.244 e. The number of sulfonamides is 1. The maximum Gasteiger partial charge on any atom is 0.244 e. The van der Waals surface area contributed by atoms with E-state index in [1.165, 1.54) is 13.1 Å². The minimum Gasteiger partial charge on any atom is -0.399 e. The van der Waals surface area contributed by atoms with Gasteiger partial charge in [-0.25, -0.2) is 8.42 Å². The van der Waals surface area contributed by atoms with E-state index in [1.807, 2.05) is 6.07 Å². The average Bonchev–Trinajstić information content (AvgIpc) is 2.30. The third kappa shape index (κ3) is 2.93. The fourth-order valence-corrected chi connectivity index (χ4v) is 3.19. The monoisotopic (exact) mass is 287 g/mol. The van der Waals surface area contributed by atoms with Crippen molar-refractivity contribution in [1.29, 1.82) is 5.26 Å². The standard InChI is InChI=1S/C11H14ClN3O2S/c1-8-6-9(14)7-10(11(8)12)18(16,17)15(2)5-3-4-13/h6-7H,3,5,14H2,1-2H3. The van der Waals surface area contributed by atoms with Crippen molar-refractivity contribution in [1.82, 2.24) is 4.31 Å². The Balaban J connectivity index is 3.25. The number of halogens is 1. The molecule has 2 N–H and O–H groups in total. The molecule has 0 fully saturated rings. The van der Waals surface area contributed by atoms with Gasteiger partial charge in [0.2, 0.25) is 10.0 Å². The number of anilines is 1. The highest BCUT2D eigenvalue weighted by molar-refractivity contribution is 7.89. The summed E-state index contributed by atoms with van der Waals surface area (Å²) in [5.41, 5.74) is 6.57. The van der Waals surface area contributed by atoms with Crippen LogP contribution in [0.1, 0.15) is 12.0 Å². The van der Waals surface area contributed by atoms with Crippen molar-refractivity contribution >= 4 is 27.3 Å². The van der Waals surface area contributed by atoms with Gasteiger partial charge in [0.05, 0.1) is 11.1 Å². The van der Waals surface area contributed by atoms with Gasteiger partial charge in [-0.2, -0.15) is 9.57 Å². The van der Waals surface area contributed by atoms with E-state index in [2.05, 4.69) is 0 Å². The molecule has 7 heteroatoms. The molecule has 18 heavy (non-hydrogen) atoms. The van der Waals surface area contributed by atoms with Crippen LogP contribution < -0.4 is 5.73 Å². The molecular weight excluding hydrogens is 274 g/mol. The van der Waals surface area contributed by atoms with Crippen LogP contribution in [0.5, 0.6) is 0 Å². The molecule has 0 spiro atoms. The number of hydrogen-bond donors (Lipinski definition) is 1. The van der Waals surface area contributed by atoms with Crippen molar-refractivity contribution in [2.24, 2.45) is 0 Å². The highest BCUT2D eigenvalue weighted by Crippen LogP contribution is 2.29. The number of rotatable bonds is 4. The highest BCUT2D eigenvalue weighted by atomic mass is 35.5. The van der Waals surface area contributed by atoms with E-state index >= 15 is 0 Å². The van der Waals surface area contributed by atoms with Gasteiger partial charge in [0.15, 0.2) is 0 Å². The minimum atomic E-state index is -3.72. The summed E-state index contributed by atoms with van der Waals surface area (Å²) in [5, 5.41) is 8.64. The number of nitrogens with two attached hydrogens (primary N) is 1. The van der Waals surface area contributed by atoms with E-state index in [0.29, 0.717) is 11.3 Å². The second-order valence-corrected chi connectivity index (χ2v) is 6.28. The molecule has 98 valence electrons. The van der Waals surface area contributed by atoms with E-state index in [1.54, 1.807) is 13.0 Å². The zero-order chi connectivity index (χ0) is 13.9. The summed E-state index contributed by atoms with van der Waals surface area (Å²) in [6.45, 7) is 1.80. The quantitative estimate of drug-likeness (QED) is 0.855. The number of aryl methyl sites for hydroxylation is 1. The molecule has 0 unspecified atom stereocenters. The van der Waals surface area contributed by atoms with Crippen molar-refractivity contribution in [2.45, 2.75) is 18.2 Å². The molecule has 0 aliphatic rings. The second-order valence-electron chi connectivity index (χ2n) is 3.88. The summed E-state index contributed by atoms with van der Waals surface area (Å²) < 4.78 is 25.6. The van der Waals surface area contributed by atoms with Gasteiger partial charge in [-0.3, -0.25) is 0 Å². The summed E-state index contributed by atoms with van der Waals surface area (Å²) in [6, 6.07) is 4.83. The Kier molecular flexibility index (Phi) is 4.57. The molecule has 0 aromatic heterocycles. The molecule has 0 radical (unpaired) electrons. The number of nitrogen functional groups attached to an aromatic ring is 1. The van der Waals surface area contributed by atoms with Gasteiger partial charge in [-0.1, -0.05) is 11.6 Å². The number of benzene rings is 1. The second kappa shape index (κ2) is 5.57. The first-order valence-corrected chi connectivity index (χ1v) is 7.01. The van der Waals surface area contributed by atoms with Crippen LogP contribution in [0.4, 0.5) is 5.69 Å². The lowest BCUT2D eigenvalue weighted by Crippen LogP contribution is -2.28. The van der Waals surface area contributed by atoms with Crippen molar-refractivity contribution in [3.8, 4) is 6.07 Å². The predicted octanol–water partition coefficient (Wildman–Crippen LogP) is 1.76. The molecule has 0 aliphatic carbocycles. The maximum absolute atomic E-state index is 12.2.